The van der Waals surface area contributed by atoms with Crippen molar-refractivity contribution in [1.82, 2.24) is 0 Å². The van der Waals surface area contributed by atoms with Gasteiger partial charge in [-0.1, -0.05) is 46.5 Å². The quantitative estimate of drug-likeness (QED) is 0.753. The van der Waals surface area contributed by atoms with Crippen LogP contribution in [-0.2, 0) is 9.53 Å². The third-order valence-corrected chi connectivity index (χ3v) is 4.30. The first-order valence-corrected chi connectivity index (χ1v) is 7.85. The van der Waals surface area contributed by atoms with Gasteiger partial charge in [-0.3, -0.25) is 4.79 Å². The largest absolute Gasteiger partial charge is 0.382 e. The smallest absolute Gasteiger partial charge is 0.189 e. The minimum atomic E-state index is -1.16. The average Bonchev–Trinajstić information content (AvgIpc) is 2.35. The Morgan fingerprint density at radius 2 is 2.05 bits per heavy atom. The average molecular weight is 270 g/mol. The lowest BCUT2D eigenvalue weighted by atomic mass is 9.74. The molecular formula is C16H30O3. The molecular weight excluding hydrogens is 240 g/mol. The van der Waals surface area contributed by atoms with Crippen molar-refractivity contribution in [2.45, 2.75) is 71.3 Å². The van der Waals surface area contributed by atoms with Crippen LogP contribution in [0.5, 0.6) is 0 Å². The molecule has 0 aromatic rings. The van der Waals surface area contributed by atoms with Crippen molar-refractivity contribution < 1.29 is 14.6 Å². The van der Waals surface area contributed by atoms with E-state index in [1.165, 1.54) is 6.42 Å². The van der Waals surface area contributed by atoms with E-state index < -0.39 is 5.60 Å². The number of hydrogen-bond acceptors (Lipinski definition) is 3. The molecule has 0 bridgehead atoms. The molecule has 1 aliphatic carbocycles. The minimum absolute atomic E-state index is 0.0630. The van der Waals surface area contributed by atoms with Gasteiger partial charge in [0.2, 0.25) is 0 Å². The highest BCUT2D eigenvalue weighted by molar-refractivity contribution is 5.88. The summed E-state index contributed by atoms with van der Waals surface area (Å²) in [5.74, 6) is 0.763. The van der Waals surface area contributed by atoms with Crippen LogP contribution in [0.3, 0.4) is 0 Å². The summed E-state index contributed by atoms with van der Waals surface area (Å²) < 4.78 is 5.33. The summed E-state index contributed by atoms with van der Waals surface area (Å²) in [5, 5.41) is 10.8. The molecule has 0 aromatic heterocycles. The Labute approximate surface area is 117 Å². The number of rotatable bonds is 6. The summed E-state index contributed by atoms with van der Waals surface area (Å²) in [7, 11) is 0. The van der Waals surface area contributed by atoms with E-state index in [2.05, 4.69) is 13.8 Å². The number of hydrogen-bond donors (Lipinski definition) is 1. The van der Waals surface area contributed by atoms with Crippen molar-refractivity contribution >= 4 is 5.78 Å². The molecule has 1 aliphatic rings. The molecule has 3 atom stereocenters. The van der Waals surface area contributed by atoms with Crippen LogP contribution in [0.1, 0.15) is 65.7 Å². The Morgan fingerprint density at radius 3 is 2.68 bits per heavy atom. The van der Waals surface area contributed by atoms with Gasteiger partial charge in [-0.05, 0) is 31.1 Å². The Morgan fingerprint density at radius 1 is 1.32 bits per heavy atom. The van der Waals surface area contributed by atoms with Crippen molar-refractivity contribution in [3.63, 3.8) is 0 Å². The van der Waals surface area contributed by atoms with Crippen molar-refractivity contribution in [3.8, 4) is 0 Å². The van der Waals surface area contributed by atoms with Crippen molar-refractivity contribution in [3.05, 3.63) is 0 Å². The van der Waals surface area contributed by atoms with Crippen molar-refractivity contribution in [2.75, 3.05) is 13.2 Å². The first-order chi connectivity index (χ1) is 9.01. The standard InChI is InChI=1S/C16H30O3/c1-4-9-19-12-15(17)16(18)10-13(3)7-6-8-14(5-2)11-16/h13-14,18H,4-12H2,1-3H3. The topological polar surface area (TPSA) is 46.5 Å². The third-order valence-electron chi connectivity index (χ3n) is 4.30. The van der Waals surface area contributed by atoms with E-state index in [-0.39, 0.29) is 12.4 Å². The summed E-state index contributed by atoms with van der Waals surface area (Å²) in [5.41, 5.74) is -1.16. The Kier molecular flexibility index (Phi) is 7.01. The predicted octanol–water partition coefficient (Wildman–Crippen LogP) is 3.34. The van der Waals surface area contributed by atoms with Crippen LogP contribution >= 0.6 is 0 Å². The van der Waals surface area contributed by atoms with E-state index in [0.29, 0.717) is 31.3 Å². The van der Waals surface area contributed by atoms with Crippen LogP contribution in [0.15, 0.2) is 0 Å². The maximum atomic E-state index is 12.3. The number of Topliss-reactive ketones (excluding diaryl/α,β-unsaturated/α-hetero) is 1. The summed E-state index contributed by atoms with van der Waals surface area (Å²) in [6.45, 7) is 6.96. The first-order valence-electron chi connectivity index (χ1n) is 7.85. The van der Waals surface area contributed by atoms with Gasteiger partial charge in [-0.25, -0.2) is 0 Å². The van der Waals surface area contributed by atoms with Gasteiger partial charge >= 0.3 is 0 Å². The summed E-state index contributed by atoms with van der Waals surface area (Å²) in [6, 6.07) is 0. The molecule has 19 heavy (non-hydrogen) atoms. The molecule has 112 valence electrons. The maximum Gasteiger partial charge on any atom is 0.189 e. The van der Waals surface area contributed by atoms with Gasteiger partial charge in [0.25, 0.3) is 0 Å². The van der Waals surface area contributed by atoms with Crippen molar-refractivity contribution in [2.24, 2.45) is 11.8 Å². The highest BCUT2D eigenvalue weighted by Crippen LogP contribution is 2.35. The van der Waals surface area contributed by atoms with Crippen LogP contribution in [0, 0.1) is 11.8 Å². The molecule has 1 saturated carbocycles. The molecule has 0 aliphatic heterocycles. The Hall–Kier alpha value is -0.410. The molecule has 1 fully saturated rings. The molecule has 1 rings (SSSR count). The Balaban J connectivity index is 2.67. The van der Waals surface area contributed by atoms with Crippen LogP contribution in [0.4, 0.5) is 0 Å². The van der Waals surface area contributed by atoms with Gasteiger partial charge in [0.05, 0.1) is 0 Å². The summed E-state index contributed by atoms with van der Waals surface area (Å²) in [4.78, 5) is 12.3. The summed E-state index contributed by atoms with van der Waals surface area (Å²) >= 11 is 0. The molecule has 3 unspecified atom stereocenters. The second-order valence-corrected chi connectivity index (χ2v) is 6.23. The zero-order chi connectivity index (χ0) is 14.3. The monoisotopic (exact) mass is 270 g/mol. The number of ketones is 1. The van der Waals surface area contributed by atoms with Gasteiger partial charge in [0, 0.05) is 6.61 Å². The lowest BCUT2D eigenvalue weighted by molar-refractivity contribution is -0.147. The van der Waals surface area contributed by atoms with Crippen LogP contribution in [0.25, 0.3) is 0 Å². The van der Waals surface area contributed by atoms with E-state index in [0.717, 1.165) is 25.7 Å². The molecule has 0 spiro atoms. The van der Waals surface area contributed by atoms with Crippen LogP contribution in [0.2, 0.25) is 0 Å². The van der Waals surface area contributed by atoms with E-state index in [1.54, 1.807) is 0 Å². The molecule has 0 amide bonds. The first kappa shape index (κ1) is 16.6. The van der Waals surface area contributed by atoms with Gasteiger partial charge < -0.3 is 9.84 Å². The second kappa shape index (κ2) is 8.01. The van der Waals surface area contributed by atoms with Gasteiger partial charge in [-0.2, -0.15) is 0 Å². The lowest BCUT2D eigenvalue weighted by Crippen LogP contribution is -2.45. The van der Waals surface area contributed by atoms with E-state index >= 15 is 0 Å². The summed E-state index contributed by atoms with van der Waals surface area (Å²) in [6.07, 6.45) is 6.61. The van der Waals surface area contributed by atoms with Crippen LogP contribution in [-0.4, -0.2) is 29.7 Å². The molecule has 3 nitrogen and oxygen atoms in total. The molecule has 0 radical (unpaired) electrons. The number of carbonyl (C=O) groups excluding carboxylic acids is 1. The fraction of sp³-hybridized carbons (Fsp3) is 0.938. The SMILES string of the molecule is CCCOCC(=O)C1(O)CC(C)CCCC(CC)C1. The van der Waals surface area contributed by atoms with E-state index in [1.807, 2.05) is 6.92 Å². The zero-order valence-corrected chi connectivity index (χ0v) is 12.8. The molecule has 0 saturated heterocycles. The highest BCUT2D eigenvalue weighted by Gasteiger charge is 2.39. The van der Waals surface area contributed by atoms with Gasteiger partial charge in [0.15, 0.2) is 5.78 Å². The maximum absolute atomic E-state index is 12.3. The lowest BCUT2D eigenvalue weighted by Gasteiger charge is -2.35. The number of carbonyl (C=O) groups is 1. The zero-order valence-electron chi connectivity index (χ0n) is 12.8. The Bertz CT molecular complexity index is 277. The molecule has 3 heteroatoms. The molecule has 0 heterocycles. The third kappa shape index (κ3) is 5.23. The van der Waals surface area contributed by atoms with E-state index in [9.17, 15) is 9.90 Å². The molecule has 0 aromatic carbocycles. The van der Waals surface area contributed by atoms with Gasteiger partial charge in [0.1, 0.15) is 12.2 Å². The predicted molar refractivity (Wildman–Crippen MR) is 77.1 cm³/mol. The number of ether oxygens (including phenoxy) is 1. The minimum Gasteiger partial charge on any atom is -0.382 e. The normalized spacial score (nSPS) is 32.6. The second-order valence-electron chi connectivity index (χ2n) is 6.23. The fourth-order valence-electron chi connectivity index (χ4n) is 3.12. The van der Waals surface area contributed by atoms with Gasteiger partial charge in [-0.15, -0.1) is 0 Å². The fourth-order valence-corrected chi connectivity index (χ4v) is 3.12. The highest BCUT2D eigenvalue weighted by atomic mass is 16.5. The molecule has 1 N–H and O–H groups in total. The van der Waals surface area contributed by atoms with E-state index in [4.69, 9.17) is 4.74 Å². The van der Waals surface area contributed by atoms with Crippen LogP contribution < -0.4 is 0 Å². The van der Waals surface area contributed by atoms with Crippen molar-refractivity contribution in [1.29, 1.82) is 0 Å². The number of aliphatic hydroxyl groups is 1.